The fourth-order valence-electron chi connectivity index (χ4n) is 3.94. The average Bonchev–Trinajstić information content (AvgIpc) is 3.51. The van der Waals surface area contributed by atoms with Crippen LogP contribution in [0.15, 0.2) is 30.9 Å². The van der Waals surface area contributed by atoms with Gasteiger partial charge < -0.3 is 24.6 Å². The van der Waals surface area contributed by atoms with Crippen LogP contribution in [0.1, 0.15) is 6.92 Å². The van der Waals surface area contributed by atoms with Gasteiger partial charge in [-0.2, -0.15) is 0 Å². The van der Waals surface area contributed by atoms with Gasteiger partial charge in [-0.3, -0.25) is 14.5 Å². The first-order chi connectivity index (χ1) is 17.2. The summed E-state index contributed by atoms with van der Waals surface area (Å²) in [6.45, 7) is 1.62. The van der Waals surface area contributed by atoms with Crippen molar-refractivity contribution in [1.82, 2.24) is 19.8 Å². The average molecular weight is 506 g/mol. The van der Waals surface area contributed by atoms with Crippen LogP contribution in [0.25, 0.3) is 0 Å². The van der Waals surface area contributed by atoms with Crippen LogP contribution in [0, 0.1) is 11.6 Å². The fourth-order valence-corrected chi connectivity index (χ4v) is 3.94. The maximum atomic E-state index is 15.0. The summed E-state index contributed by atoms with van der Waals surface area (Å²) >= 11 is 0. The number of carbonyl (C=O) groups is 4. The zero-order valence-corrected chi connectivity index (χ0v) is 19.4. The van der Waals surface area contributed by atoms with E-state index in [9.17, 15) is 28.0 Å². The van der Waals surface area contributed by atoms with Gasteiger partial charge in [0.25, 0.3) is 5.91 Å². The molecular weight excluding hydrogens is 482 g/mol. The SMILES string of the molecule is CC(=O)NCC1CN(c2cc(F)c(N3CCN(C(=O)COC(=O)n4ccnc4)CC3)c(F)c2)C(=O)O1. The second-order valence-electron chi connectivity index (χ2n) is 8.20. The molecule has 0 bridgehead atoms. The van der Waals surface area contributed by atoms with Crippen molar-refractivity contribution in [2.24, 2.45) is 0 Å². The Kier molecular flexibility index (Phi) is 7.31. The minimum Gasteiger partial charge on any atom is -0.442 e. The predicted molar refractivity (Wildman–Crippen MR) is 120 cm³/mol. The molecule has 36 heavy (non-hydrogen) atoms. The van der Waals surface area contributed by atoms with Crippen LogP contribution in [0.3, 0.4) is 0 Å². The molecule has 0 radical (unpaired) electrons. The van der Waals surface area contributed by atoms with Gasteiger partial charge in [0.05, 0.1) is 18.8 Å². The van der Waals surface area contributed by atoms with Crippen molar-refractivity contribution in [3.05, 3.63) is 42.5 Å². The number of anilines is 2. The van der Waals surface area contributed by atoms with Crippen molar-refractivity contribution in [3.63, 3.8) is 0 Å². The number of piperazine rings is 1. The van der Waals surface area contributed by atoms with Crippen LogP contribution in [0.5, 0.6) is 0 Å². The number of hydrogen-bond donors (Lipinski definition) is 1. The highest BCUT2D eigenvalue weighted by Crippen LogP contribution is 2.31. The van der Waals surface area contributed by atoms with Gasteiger partial charge in [0.15, 0.2) is 18.2 Å². The molecule has 3 heterocycles. The standard InChI is InChI=1S/C22H24F2N6O6/c1-14(31)26-10-16-11-30(22(34)36-16)15-8-17(23)20(18(24)9-15)28-6-4-27(5-7-28)19(32)12-35-21(33)29-3-2-25-13-29/h2-3,8-9,13,16H,4-7,10-12H2,1H3,(H,26,31). The first kappa shape index (κ1) is 24.9. The van der Waals surface area contributed by atoms with Gasteiger partial charge in [-0.25, -0.2) is 27.9 Å². The lowest BCUT2D eigenvalue weighted by molar-refractivity contribution is -0.134. The summed E-state index contributed by atoms with van der Waals surface area (Å²) in [6, 6.07) is 2.10. The zero-order valence-electron chi connectivity index (χ0n) is 19.4. The van der Waals surface area contributed by atoms with E-state index in [1.54, 1.807) is 0 Å². The quantitative estimate of drug-likeness (QED) is 0.614. The molecule has 0 aliphatic carbocycles. The molecule has 0 spiro atoms. The van der Waals surface area contributed by atoms with Crippen molar-refractivity contribution >= 4 is 35.4 Å². The van der Waals surface area contributed by atoms with Crippen LogP contribution in [-0.2, 0) is 19.1 Å². The number of nitrogens with zero attached hydrogens (tertiary/aromatic N) is 5. The zero-order chi connectivity index (χ0) is 25.8. The van der Waals surface area contributed by atoms with E-state index in [0.717, 1.165) is 21.6 Å². The number of amides is 3. The minimum atomic E-state index is -0.864. The minimum absolute atomic E-state index is 0.00223. The molecule has 1 aromatic heterocycles. The Morgan fingerprint density at radius 3 is 2.47 bits per heavy atom. The van der Waals surface area contributed by atoms with Gasteiger partial charge in [-0.1, -0.05) is 0 Å². The summed E-state index contributed by atoms with van der Waals surface area (Å²) in [5.41, 5.74) is -0.266. The number of ether oxygens (including phenoxy) is 2. The maximum absolute atomic E-state index is 15.0. The van der Waals surface area contributed by atoms with E-state index < -0.39 is 42.4 Å². The van der Waals surface area contributed by atoms with E-state index in [4.69, 9.17) is 9.47 Å². The third-order valence-electron chi connectivity index (χ3n) is 5.75. The molecule has 2 aromatic rings. The van der Waals surface area contributed by atoms with Crippen molar-refractivity contribution in [1.29, 1.82) is 0 Å². The second-order valence-corrected chi connectivity index (χ2v) is 8.20. The van der Waals surface area contributed by atoms with E-state index in [1.165, 1.54) is 35.4 Å². The largest absolute Gasteiger partial charge is 0.442 e. The van der Waals surface area contributed by atoms with Gasteiger partial charge in [-0.05, 0) is 0 Å². The van der Waals surface area contributed by atoms with E-state index in [2.05, 4.69) is 10.3 Å². The van der Waals surface area contributed by atoms with Crippen molar-refractivity contribution < 1.29 is 37.4 Å². The first-order valence-corrected chi connectivity index (χ1v) is 11.1. The third kappa shape index (κ3) is 5.53. The highest BCUT2D eigenvalue weighted by Gasteiger charge is 2.34. The van der Waals surface area contributed by atoms with Crippen LogP contribution in [0.2, 0.25) is 0 Å². The van der Waals surface area contributed by atoms with Crippen LogP contribution >= 0.6 is 0 Å². The Hall–Kier alpha value is -4.23. The van der Waals surface area contributed by atoms with Gasteiger partial charge >= 0.3 is 12.2 Å². The molecule has 14 heteroatoms. The Morgan fingerprint density at radius 2 is 1.86 bits per heavy atom. The van der Waals surface area contributed by atoms with E-state index >= 15 is 0 Å². The number of rotatable bonds is 6. The molecule has 12 nitrogen and oxygen atoms in total. The van der Waals surface area contributed by atoms with Crippen LogP contribution < -0.4 is 15.1 Å². The molecule has 1 aromatic carbocycles. The molecule has 192 valence electrons. The van der Waals surface area contributed by atoms with E-state index in [1.807, 2.05) is 0 Å². The number of halogens is 2. The molecule has 3 amide bonds. The molecular formula is C22H24F2N6O6. The Balaban J connectivity index is 1.33. The molecule has 2 aliphatic heterocycles. The molecule has 1 unspecified atom stereocenters. The molecule has 2 aliphatic rings. The maximum Gasteiger partial charge on any atom is 0.419 e. The summed E-state index contributed by atoms with van der Waals surface area (Å²) in [4.78, 5) is 55.1. The highest BCUT2D eigenvalue weighted by atomic mass is 19.1. The normalized spacial score (nSPS) is 17.7. The van der Waals surface area contributed by atoms with Gasteiger partial charge in [0.2, 0.25) is 5.91 Å². The van der Waals surface area contributed by atoms with Crippen molar-refractivity contribution in [2.75, 3.05) is 55.7 Å². The Bertz CT molecular complexity index is 1130. The second kappa shape index (κ2) is 10.6. The molecule has 1 atom stereocenters. The smallest absolute Gasteiger partial charge is 0.419 e. The summed E-state index contributed by atoms with van der Waals surface area (Å²) in [5.74, 6) is -2.45. The molecule has 4 rings (SSSR count). The fraction of sp³-hybridized carbons (Fsp3) is 0.409. The summed E-state index contributed by atoms with van der Waals surface area (Å²) in [6.07, 6.45) is 1.88. The first-order valence-electron chi connectivity index (χ1n) is 11.1. The number of benzene rings is 1. The van der Waals surface area contributed by atoms with Crippen LogP contribution in [0.4, 0.5) is 29.7 Å². The Morgan fingerprint density at radius 1 is 1.17 bits per heavy atom. The predicted octanol–water partition coefficient (Wildman–Crippen LogP) is 0.956. The van der Waals surface area contributed by atoms with Gasteiger partial charge in [0, 0.05) is 57.6 Å². The topological polar surface area (TPSA) is 126 Å². The summed E-state index contributed by atoms with van der Waals surface area (Å²) < 4.78 is 41.1. The summed E-state index contributed by atoms with van der Waals surface area (Å²) in [5, 5.41) is 2.53. The molecule has 1 N–H and O–H groups in total. The number of cyclic esters (lactones) is 1. The molecule has 0 saturated carbocycles. The number of nitrogens with one attached hydrogen (secondary N) is 1. The molecule has 2 saturated heterocycles. The third-order valence-corrected chi connectivity index (χ3v) is 5.75. The lowest BCUT2D eigenvalue weighted by atomic mass is 10.2. The number of imidazole rings is 1. The van der Waals surface area contributed by atoms with Crippen molar-refractivity contribution in [3.8, 4) is 0 Å². The van der Waals surface area contributed by atoms with E-state index in [0.29, 0.717) is 0 Å². The molecule has 2 fully saturated rings. The number of aromatic nitrogens is 2. The Labute approximate surface area is 204 Å². The van der Waals surface area contributed by atoms with E-state index in [-0.39, 0.29) is 56.6 Å². The van der Waals surface area contributed by atoms with Gasteiger partial charge in [0.1, 0.15) is 18.1 Å². The number of hydrogen-bond acceptors (Lipinski definition) is 8. The lowest BCUT2D eigenvalue weighted by Crippen LogP contribution is -2.50. The van der Waals surface area contributed by atoms with Crippen molar-refractivity contribution in [2.45, 2.75) is 13.0 Å². The monoisotopic (exact) mass is 506 g/mol. The lowest BCUT2D eigenvalue weighted by Gasteiger charge is -2.36. The van der Waals surface area contributed by atoms with Crippen LogP contribution in [-0.4, -0.2) is 90.4 Å². The number of carbonyl (C=O) groups excluding carboxylic acids is 4. The van der Waals surface area contributed by atoms with Gasteiger partial charge in [-0.15, -0.1) is 0 Å². The summed E-state index contributed by atoms with van der Waals surface area (Å²) in [7, 11) is 0. The highest BCUT2D eigenvalue weighted by molar-refractivity contribution is 5.90.